The predicted molar refractivity (Wildman–Crippen MR) is 105 cm³/mol. The summed E-state index contributed by atoms with van der Waals surface area (Å²) < 4.78 is 31.5. The second-order valence-electron chi connectivity index (χ2n) is 7.15. The maximum atomic E-state index is 14.3. The van der Waals surface area contributed by atoms with E-state index in [4.69, 9.17) is 5.26 Å². The highest BCUT2D eigenvalue weighted by atomic mass is 19.1. The van der Waals surface area contributed by atoms with E-state index in [1.807, 2.05) is 0 Å². The maximum absolute atomic E-state index is 14.3. The van der Waals surface area contributed by atoms with Crippen molar-refractivity contribution in [3.05, 3.63) is 74.3 Å². The Morgan fingerprint density at radius 3 is 2.17 bits per heavy atom. The standard InChI is InChI=1S/C21H18F2N4O2/c1-25-17-4-2-3-5-18(17)27(21(29)20(25)28)14-6-8-26(9-7-14)19-15(22)10-13(12-24)11-16(19)23/h2-5,10-11,14H,6-9H2,1H3. The first-order valence-corrected chi connectivity index (χ1v) is 9.26. The third-order valence-electron chi connectivity index (χ3n) is 5.50. The zero-order chi connectivity index (χ0) is 20.7. The molecule has 0 unspecified atom stereocenters. The number of aryl methyl sites for hydroxylation is 1. The molecule has 8 heteroatoms. The third-order valence-corrected chi connectivity index (χ3v) is 5.50. The Bertz CT molecular complexity index is 1240. The fourth-order valence-corrected chi connectivity index (χ4v) is 4.06. The third kappa shape index (κ3) is 3.09. The summed E-state index contributed by atoms with van der Waals surface area (Å²) in [6.07, 6.45) is 0.909. The zero-order valence-electron chi connectivity index (χ0n) is 15.7. The van der Waals surface area contributed by atoms with Gasteiger partial charge in [-0.05, 0) is 37.1 Å². The number of para-hydroxylation sites is 2. The summed E-state index contributed by atoms with van der Waals surface area (Å²) in [7, 11) is 1.56. The van der Waals surface area contributed by atoms with Gasteiger partial charge in [-0.2, -0.15) is 5.26 Å². The number of nitriles is 1. The van der Waals surface area contributed by atoms with Crippen LogP contribution in [-0.4, -0.2) is 22.2 Å². The van der Waals surface area contributed by atoms with Gasteiger partial charge in [0.1, 0.15) is 5.69 Å². The number of hydrogen-bond donors (Lipinski definition) is 0. The predicted octanol–water partition coefficient (Wildman–Crippen LogP) is 2.69. The second kappa shape index (κ2) is 7.17. The molecule has 3 aromatic rings. The smallest absolute Gasteiger partial charge is 0.317 e. The van der Waals surface area contributed by atoms with E-state index in [1.165, 1.54) is 9.13 Å². The van der Waals surface area contributed by atoms with Gasteiger partial charge in [0.15, 0.2) is 11.6 Å². The molecule has 0 aliphatic carbocycles. The van der Waals surface area contributed by atoms with Crippen LogP contribution in [0.25, 0.3) is 11.0 Å². The molecular weight excluding hydrogens is 378 g/mol. The van der Waals surface area contributed by atoms with Crippen molar-refractivity contribution < 1.29 is 8.78 Å². The van der Waals surface area contributed by atoms with Crippen LogP contribution in [0, 0.1) is 23.0 Å². The van der Waals surface area contributed by atoms with Crippen molar-refractivity contribution in [1.82, 2.24) is 9.13 Å². The van der Waals surface area contributed by atoms with Crippen LogP contribution in [0.2, 0.25) is 0 Å². The van der Waals surface area contributed by atoms with Gasteiger partial charge >= 0.3 is 11.1 Å². The zero-order valence-corrected chi connectivity index (χ0v) is 15.7. The van der Waals surface area contributed by atoms with Crippen LogP contribution in [0.3, 0.4) is 0 Å². The normalized spacial score (nSPS) is 14.9. The molecule has 0 radical (unpaired) electrons. The van der Waals surface area contributed by atoms with Gasteiger partial charge in [-0.3, -0.25) is 14.2 Å². The molecule has 29 heavy (non-hydrogen) atoms. The highest BCUT2D eigenvalue weighted by Crippen LogP contribution is 2.31. The van der Waals surface area contributed by atoms with E-state index < -0.39 is 22.8 Å². The first-order valence-electron chi connectivity index (χ1n) is 9.26. The lowest BCUT2D eigenvalue weighted by molar-refractivity contribution is 0.389. The molecular formula is C21H18F2N4O2. The van der Waals surface area contributed by atoms with Gasteiger partial charge in [-0.15, -0.1) is 0 Å². The molecule has 1 fully saturated rings. The molecule has 6 nitrogen and oxygen atoms in total. The fourth-order valence-electron chi connectivity index (χ4n) is 4.06. The van der Waals surface area contributed by atoms with Crippen LogP contribution in [0.4, 0.5) is 14.5 Å². The van der Waals surface area contributed by atoms with Crippen molar-refractivity contribution in [2.75, 3.05) is 18.0 Å². The lowest BCUT2D eigenvalue weighted by Gasteiger charge is -2.35. The summed E-state index contributed by atoms with van der Waals surface area (Å²) in [5, 5.41) is 8.85. The molecule has 0 spiro atoms. The quantitative estimate of drug-likeness (QED) is 0.625. The Morgan fingerprint density at radius 1 is 1.00 bits per heavy atom. The molecule has 148 valence electrons. The molecule has 0 atom stereocenters. The molecule has 2 aromatic carbocycles. The molecule has 2 heterocycles. The molecule has 0 bridgehead atoms. The van der Waals surface area contributed by atoms with Gasteiger partial charge < -0.3 is 9.47 Å². The minimum absolute atomic E-state index is 0.0724. The Hall–Kier alpha value is -3.47. The lowest BCUT2D eigenvalue weighted by atomic mass is 10.0. The van der Waals surface area contributed by atoms with E-state index in [0.29, 0.717) is 37.0 Å². The highest BCUT2D eigenvalue weighted by molar-refractivity contribution is 5.75. The largest absolute Gasteiger partial charge is 0.367 e. The van der Waals surface area contributed by atoms with Crippen LogP contribution in [0.5, 0.6) is 0 Å². The number of rotatable bonds is 2. The van der Waals surface area contributed by atoms with Crippen molar-refractivity contribution in [3.63, 3.8) is 0 Å². The van der Waals surface area contributed by atoms with Crippen molar-refractivity contribution in [2.24, 2.45) is 7.05 Å². The highest BCUT2D eigenvalue weighted by Gasteiger charge is 2.27. The molecule has 0 amide bonds. The molecule has 0 N–H and O–H groups in total. The number of aromatic nitrogens is 2. The van der Waals surface area contributed by atoms with Gasteiger partial charge in [0.05, 0.1) is 22.7 Å². The first-order chi connectivity index (χ1) is 13.9. The first kappa shape index (κ1) is 18.9. The van der Waals surface area contributed by atoms with Crippen LogP contribution < -0.4 is 16.0 Å². The topological polar surface area (TPSA) is 71.0 Å². The lowest BCUT2D eigenvalue weighted by Crippen LogP contribution is -2.45. The van der Waals surface area contributed by atoms with Crippen molar-refractivity contribution in [1.29, 1.82) is 5.26 Å². The molecule has 1 aromatic heterocycles. The molecule has 0 saturated carbocycles. The molecule has 1 aliphatic heterocycles. The number of halogens is 2. The number of anilines is 1. The van der Waals surface area contributed by atoms with Crippen molar-refractivity contribution in [3.8, 4) is 6.07 Å². The van der Waals surface area contributed by atoms with E-state index in [2.05, 4.69) is 0 Å². The van der Waals surface area contributed by atoms with Crippen molar-refractivity contribution >= 4 is 16.7 Å². The SMILES string of the molecule is Cn1c(=O)c(=O)n(C2CCN(c3c(F)cc(C#N)cc3F)CC2)c2ccccc21. The van der Waals surface area contributed by atoms with Gasteiger partial charge in [0, 0.05) is 26.2 Å². The monoisotopic (exact) mass is 396 g/mol. The number of piperidine rings is 1. The van der Waals surface area contributed by atoms with Gasteiger partial charge in [-0.25, -0.2) is 8.78 Å². The number of benzene rings is 2. The minimum Gasteiger partial charge on any atom is -0.367 e. The second-order valence-corrected chi connectivity index (χ2v) is 7.15. The maximum Gasteiger partial charge on any atom is 0.317 e. The summed E-state index contributed by atoms with van der Waals surface area (Å²) in [6, 6.07) is 10.7. The molecule has 1 saturated heterocycles. The molecule has 1 aliphatic rings. The van der Waals surface area contributed by atoms with E-state index >= 15 is 0 Å². The van der Waals surface area contributed by atoms with Gasteiger partial charge in [-0.1, -0.05) is 12.1 Å². The number of nitrogens with zero attached hydrogens (tertiary/aromatic N) is 4. The Kier molecular flexibility index (Phi) is 4.66. The van der Waals surface area contributed by atoms with E-state index in [1.54, 1.807) is 42.3 Å². The summed E-state index contributed by atoms with van der Waals surface area (Å²) in [5.41, 5.74) is -0.117. The average Bonchev–Trinajstić information content (AvgIpc) is 2.72. The Labute approximate surface area is 164 Å². The summed E-state index contributed by atoms with van der Waals surface area (Å²) in [4.78, 5) is 26.7. The molecule has 4 rings (SSSR count). The van der Waals surface area contributed by atoms with Crippen LogP contribution >= 0.6 is 0 Å². The van der Waals surface area contributed by atoms with Crippen LogP contribution in [-0.2, 0) is 7.05 Å². The minimum atomic E-state index is -0.781. The van der Waals surface area contributed by atoms with Crippen molar-refractivity contribution in [2.45, 2.75) is 18.9 Å². The van der Waals surface area contributed by atoms with Gasteiger partial charge in [0.25, 0.3) is 0 Å². The summed E-state index contributed by atoms with van der Waals surface area (Å²) in [6.45, 7) is 0.640. The van der Waals surface area contributed by atoms with Gasteiger partial charge in [0.2, 0.25) is 0 Å². The number of hydrogen-bond acceptors (Lipinski definition) is 4. The van der Waals surface area contributed by atoms with Crippen LogP contribution in [0.15, 0.2) is 46.0 Å². The van der Waals surface area contributed by atoms with E-state index in [0.717, 1.165) is 12.1 Å². The van der Waals surface area contributed by atoms with E-state index in [-0.39, 0.29) is 17.3 Å². The number of fused-ring (bicyclic) bond motifs is 1. The average molecular weight is 396 g/mol. The Morgan fingerprint density at radius 2 is 1.59 bits per heavy atom. The summed E-state index contributed by atoms with van der Waals surface area (Å²) >= 11 is 0. The Balaban J connectivity index is 1.68. The van der Waals surface area contributed by atoms with E-state index in [9.17, 15) is 18.4 Å². The van der Waals surface area contributed by atoms with Crippen LogP contribution in [0.1, 0.15) is 24.4 Å². The summed E-state index contributed by atoms with van der Waals surface area (Å²) in [5.74, 6) is -1.56. The fraction of sp³-hybridized carbons (Fsp3) is 0.286.